The molecule has 0 saturated heterocycles. The molecule has 2 aromatic carbocycles. The first-order chi connectivity index (χ1) is 13.2. The van der Waals surface area contributed by atoms with Crippen LogP contribution in [-0.4, -0.2) is 17.8 Å². The fourth-order valence-corrected chi connectivity index (χ4v) is 4.57. The molecule has 2 N–H and O–H groups in total. The van der Waals surface area contributed by atoms with E-state index in [1.165, 1.54) is 25.7 Å². The molecular weight excluding hydrogens is 356 g/mol. The number of thiocarbonyl (C=S) groups is 1. The minimum atomic E-state index is 0.517. The zero-order valence-corrected chi connectivity index (χ0v) is 16.4. The normalized spacial score (nSPS) is 23.1. The number of benzene rings is 2. The molecule has 2 aromatic rings. The number of hydrogen-bond donors (Lipinski definition) is 2. The molecule has 2 aliphatic rings. The van der Waals surface area contributed by atoms with Gasteiger partial charge in [-0.2, -0.15) is 0 Å². The summed E-state index contributed by atoms with van der Waals surface area (Å²) in [7, 11) is 0. The van der Waals surface area contributed by atoms with E-state index in [-0.39, 0.29) is 0 Å². The quantitative estimate of drug-likeness (QED) is 0.659. The average molecular weight is 383 g/mol. The summed E-state index contributed by atoms with van der Waals surface area (Å²) in [5.74, 6) is 4.03. The molecule has 0 amide bonds. The number of rotatable bonds is 6. The SMILES string of the molecule is CCOc1ccc(Oc2ccccc2NC(=S)N[C@H]2C[C@@H]3CC[C@@H]2C3)cc1. The summed E-state index contributed by atoms with van der Waals surface area (Å²) in [5, 5.41) is 7.52. The first-order valence-corrected chi connectivity index (χ1v) is 10.2. The van der Waals surface area contributed by atoms with Gasteiger partial charge >= 0.3 is 0 Å². The Bertz CT molecular complexity index is 793. The van der Waals surface area contributed by atoms with Crippen LogP contribution in [0.5, 0.6) is 17.2 Å². The van der Waals surface area contributed by atoms with Crippen LogP contribution in [0.2, 0.25) is 0 Å². The third-order valence-electron chi connectivity index (χ3n) is 5.55. The lowest BCUT2D eigenvalue weighted by molar-refractivity contribution is 0.339. The molecule has 3 atom stereocenters. The van der Waals surface area contributed by atoms with E-state index in [0.29, 0.717) is 17.8 Å². The van der Waals surface area contributed by atoms with Crippen LogP contribution in [0, 0.1) is 11.8 Å². The van der Waals surface area contributed by atoms with Gasteiger partial charge in [-0.05, 0) is 86.6 Å². The second-order valence-electron chi connectivity index (χ2n) is 7.38. The summed E-state index contributed by atoms with van der Waals surface area (Å²) in [5.41, 5.74) is 0.868. The Morgan fingerprint density at radius 1 is 1.04 bits per heavy atom. The van der Waals surface area contributed by atoms with E-state index < -0.39 is 0 Å². The molecule has 142 valence electrons. The Kier molecular flexibility index (Phi) is 5.48. The molecule has 0 unspecified atom stereocenters. The molecule has 2 aliphatic carbocycles. The van der Waals surface area contributed by atoms with E-state index in [2.05, 4.69) is 10.6 Å². The highest BCUT2D eigenvalue weighted by atomic mass is 32.1. The van der Waals surface area contributed by atoms with Crippen molar-refractivity contribution in [3.8, 4) is 17.2 Å². The van der Waals surface area contributed by atoms with E-state index in [1.54, 1.807) is 0 Å². The van der Waals surface area contributed by atoms with Crippen LogP contribution < -0.4 is 20.1 Å². The molecule has 0 aliphatic heterocycles. The van der Waals surface area contributed by atoms with Gasteiger partial charge in [0.05, 0.1) is 12.3 Å². The molecule has 0 spiro atoms. The van der Waals surface area contributed by atoms with Crippen LogP contribution in [0.1, 0.15) is 32.6 Å². The van der Waals surface area contributed by atoms with E-state index in [4.69, 9.17) is 21.7 Å². The minimum absolute atomic E-state index is 0.517. The van der Waals surface area contributed by atoms with E-state index in [9.17, 15) is 0 Å². The lowest BCUT2D eigenvalue weighted by Gasteiger charge is -2.25. The summed E-state index contributed by atoms with van der Waals surface area (Å²) in [4.78, 5) is 0. The fourth-order valence-electron chi connectivity index (χ4n) is 4.30. The van der Waals surface area contributed by atoms with Gasteiger partial charge in [0.1, 0.15) is 11.5 Å². The molecule has 4 rings (SSSR count). The van der Waals surface area contributed by atoms with Gasteiger partial charge in [0, 0.05) is 6.04 Å². The third-order valence-corrected chi connectivity index (χ3v) is 5.77. The molecule has 27 heavy (non-hydrogen) atoms. The van der Waals surface area contributed by atoms with Crippen LogP contribution in [0.15, 0.2) is 48.5 Å². The largest absolute Gasteiger partial charge is 0.494 e. The van der Waals surface area contributed by atoms with Gasteiger partial charge in [-0.3, -0.25) is 0 Å². The van der Waals surface area contributed by atoms with Crippen molar-refractivity contribution in [3.05, 3.63) is 48.5 Å². The number of nitrogens with one attached hydrogen (secondary N) is 2. The minimum Gasteiger partial charge on any atom is -0.494 e. The lowest BCUT2D eigenvalue weighted by atomic mass is 9.96. The maximum atomic E-state index is 6.06. The van der Waals surface area contributed by atoms with Crippen LogP contribution in [0.4, 0.5) is 5.69 Å². The van der Waals surface area contributed by atoms with Crippen molar-refractivity contribution in [3.63, 3.8) is 0 Å². The maximum absolute atomic E-state index is 6.06. The Balaban J connectivity index is 1.39. The zero-order chi connectivity index (χ0) is 18.6. The number of fused-ring (bicyclic) bond motifs is 2. The molecular formula is C22H26N2O2S. The van der Waals surface area contributed by atoms with Gasteiger partial charge in [-0.25, -0.2) is 0 Å². The number of para-hydroxylation sites is 2. The predicted molar refractivity (Wildman–Crippen MR) is 113 cm³/mol. The van der Waals surface area contributed by atoms with Crippen LogP contribution in [0.25, 0.3) is 0 Å². The third kappa shape index (κ3) is 4.35. The van der Waals surface area contributed by atoms with Crippen LogP contribution in [-0.2, 0) is 0 Å². The number of anilines is 1. The monoisotopic (exact) mass is 382 g/mol. The van der Waals surface area contributed by atoms with Gasteiger partial charge in [0.15, 0.2) is 10.9 Å². The van der Waals surface area contributed by atoms with Crippen molar-refractivity contribution in [2.75, 3.05) is 11.9 Å². The van der Waals surface area contributed by atoms with Crippen molar-refractivity contribution in [2.24, 2.45) is 11.8 Å². The van der Waals surface area contributed by atoms with Crippen molar-refractivity contribution in [1.29, 1.82) is 0 Å². The van der Waals surface area contributed by atoms with Gasteiger partial charge < -0.3 is 20.1 Å². The molecule has 4 nitrogen and oxygen atoms in total. The smallest absolute Gasteiger partial charge is 0.171 e. The highest BCUT2D eigenvalue weighted by molar-refractivity contribution is 7.80. The highest BCUT2D eigenvalue weighted by Gasteiger charge is 2.39. The van der Waals surface area contributed by atoms with Gasteiger partial charge in [0.2, 0.25) is 0 Å². The number of hydrogen-bond acceptors (Lipinski definition) is 3. The second-order valence-corrected chi connectivity index (χ2v) is 7.79. The second kappa shape index (κ2) is 8.17. The summed E-state index contributed by atoms with van der Waals surface area (Å²) >= 11 is 5.56. The van der Waals surface area contributed by atoms with Crippen molar-refractivity contribution >= 4 is 23.0 Å². The Labute approximate surface area is 166 Å². The van der Waals surface area contributed by atoms with E-state index >= 15 is 0 Å². The highest BCUT2D eigenvalue weighted by Crippen LogP contribution is 2.44. The van der Waals surface area contributed by atoms with Crippen molar-refractivity contribution in [1.82, 2.24) is 5.32 Å². The maximum Gasteiger partial charge on any atom is 0.171 e. The Morgan fingerprint density at radius 3 is 2.52 bits per heavy atom. The first kappa shape index (κ1) is 18.1. The Hall–Kier alpha value is -2.27. The molecule has 2 bridgehead atoms. The lowest BCUT2D eigenvalue weighted by Crippen LogP contribution is -2.40. The average Bonchev–Trinajstić information content (AvgIpc) is 3.28. The standard InChI is InChI=1S/C22H26N2O2S/c1-2-25-17-9-11-18(12-10-17)26-21-6-4-3-5-19(21)23-22(27)24-20-14-15-7-8-16(20)13-15/h3-6,9-12,15-16,20H,2,7-8,13-14H2,1H3,(H2,23,24,27)/t15-,16-,20+/m1/s1. The Morgan fingerprint density at radius 2 is 1.81 bits per heavy atom. The molecule has 0 aromatic heterocycles. The topological polar surface area (TPSA) is 42.5 Å². The summed E-state index contributed by atoms with van der Waals surface area (Å²) < 4.78 is 11.5. The molecule has 2 saturated carbocycles. The van der Waals surface area contributed by atoms with Crippen LogP contribution in [0.3, 0.4) is 0 Å². The van der Waals surface area contributed by atoms with Crippen molar-refractivity contribution < 1.29 is 9.47 Å². The van der Waals surface area contributed by atoms with Crippen molar-refractivity contribution in [2.45, 2.75) is 38.6 Å². The van der Waals surface area contributed by atoms with E-state index in [0.717, 1.165) is 34.8 Å². The number of ether oxygens (including phenoxy) is 2. The van der Waals surface area contributed by atoms with Gasteiger partial charge in [-0.1, -0.05) is 18.6 Å². The predicted octanol–water partition coefficient (Wildman–Crippen LogP) is 5.35. The first-order valence-electron chi connectivity index (χ1n) is 9.78. The summed E-state index contributed by atoms with van der Waals surface area (Å²) in [6.45, 7) is 2.62. The molecule has 5 heteroatoms. The molecule has 0 heterocycles. The molecule has 0 radical (unpaired) electrons. The molecule has 2 fully saturated rings. The summed E-state index contributed by atoms with van der Waals surface area (Å²) in [6, 6.07) is 16.0. The fraction of sp³-hybridized carbons (Fsp3) is 0.409. The van der Waals surface area contributed by atoms with Gasteiger partial charge in [-0.15, -0.1) is 0 Å². The summed E-state index contributed by atoms with van der Waals surface area (Å²) in [6.07, 6.45) is 5.33. The van der Waals surface area contributed by atoms with E-state index in [1.807, 2.05) is 55.5 Å². The van der Waals surface area contributed by atoms with Crippen LogP contribution >= 0.6 is 12.2 Å². The van der Waals surface area contributed by atoms with Gasteiger partial charge in [0.25, 0.3) is 0 Å². The zero-order valence-electron chi connectivity index (χ0n) is 15.6.